The Hall–Kier alpha value is 0.140. The van der Waals surface area contributed by atoms with Gasteiger partial charge in [0.25, 0.3) is 0 Å². The highest BCUT2D eigenvalue weighted by Gasteiger charge is 2.16. The number of benzene rings is 1. The minimum Gasteiger partial charge on any atom is -0.298 e. The Balaban J connectivity index is 3.15. The molecule has 1 unspecified atom stereocenters. The van der Waals surface area contributed by atoms with Gasteiger partial charge < -0.3 is 0 Å². The van der Waals surface area contributed by atoms with Crippen molar-refractivity contribution in [2.45, 2.75) is 11.8 Å². The van der Waals surface area contributed by atoms with E-state index in [4.69, 9.17) is 11.6 Å². The van der Waals surface area contributed by atoms with Crippen molar-refractivity contribution in [1.82, 2.24) is 0 Å². The maximum atomic E-state index is 11.1. The van der Waals surface area contributed by atoms with Crippen molar-refractivity contribution >= 4 is 49.2 Å². The van der Waals surface area contributed by atoms with E-state index in [0.717, 1.165) is 10.0 Å². The number of ketones is 1. The molecule has 4 heteroatoms. The van der Waals surface area contributed by atoms with E-state index >= 15 is 0 Å². The van der Waals surface area contributed by atoms with Crippen LogP contribution in [-0.2, 0) is 4.79 Å². The number of carbonyl (C=O) groups is 1. The van der Waals surface area contributed by atoms with E-state index in [1.165, 1.54) is 6.92 Å². The molecule has 70 valence electrons. The van der Waals surface area contributed by atoms with Gasteiger partial charge in [-0.15, -0.1) is 0 Å². The second kappa shape index (κ2) is 4.58. The van der Waals surface area contributed by atoms with E-state index in [0.29, 0.717) is 5.02 Å². The van der Waals surface area contributed by atoms with Crippen LogP contribution in [0.1, 0.15) is 17.3 Å². The number of rotatable bonds is 2. The molecular weight excluding hydrogens is 319 g/mol. The zero-order valence-electron chi connectivity index (χ0n) is 6.85. The van der Waals surface area contributed by atoms with Crippen molar-refractivity contribution in [3.05, 3.63) is 33.3 Å². The molecule has 1 aromatic rings. The van der Waals surface area contributed by atoms with Crippen LogP contribution in [0.2, 0.25) is 5.02 Å². The molecule has 0 bridgehead atoms. The van der Waals surface area contributed by atoms with E-state index in [9.17, 15) is 4.79 Å². The van der Waals surface area contributed by atoms with Crippen LogP contribution in [-0.4, -0.2) is 5.78 Å². The van der Waals surface area contributed by atoms with Gasteiger partial charge in [-0.25, -0.2) is 0 Å². The highest BCUT2D eigenvalue weighted by molar-refractivity contribution is 9.10. The Bertz CT molecular complexity index is 338. The van der Waals surface area contributed by atoms with Crippen LogP contribution >= 0.6 is 43.5 Å². The first kappa shape index (κ1) is 11.2. The predicted octanol–water partition coefficient (Wildman–Crippen LogP) is 4.13. The van der Waals surface area contributed by atoms with Crippen molar-refractivity contribution < 1.29 is 4.79 Å². The van der Waals surface area contributed by atoms with Gasteiger partial charge >= 0.3 is 0 Å². The second-order valence-electron chi connectivity index (χ2n) is 2.62. The van der Waals surface area contributed by atoms with Crippen molar-refractivity contribution in [2.75, 3.05) is 0 Å². The van der Waals surface area contributed by atoms with E-state index in [2.05, 4.69) is 31.9 Å². The maximum Gasteiger partial charge on any atom is 0.147 e. The number of hydrogen-bond donors (Lipinski definition) is 0. The molecule has 1 nitrogen and oxygen atoms in total. The number of carbonyl (C=O) groups excluding carboxylic acids is 1. The summed E-state index contributed by atoms with van der Waals surface area (Å²) >= 11 is 12.6. The third-order valence-electron chi connectivity index (χ3n) is 1.61. The lowest BCUT2D eigenvalue weighted by Gasteiger charge is -2.09. The van der Waals surface area contributed by atoms with Crippen molar-refractivity contribution in [1.29, 1.82) is 0 Å². The van der Waals surface area contributed by atoms with Gasteiger partial charge in [-0.2, -0.15) is 0 Å². The van der Waals surface area contributed by atoms with Gasteiger partial charge in [0.05, 0.1) is 9.85 Å². The molecule has 13 heavy (non-hydrogen) atoms. The highest BCUT2D eigenvalue weighted by atomic mass is 79.9. The van der Waals surface area contributed by atoms with Crippen LogP contribution in [0, 0.1) is 0 Å². The summed E-state index contributed by atoms with van der Waals surface area (Å²) in [5, 5.41) is 0.583. The topological polar surface area (TPSA) is 17.1 Å². The molecule has 0 N–H and O–H groups in total. The summed E-state index contributed by atoms with van der Waals surface area (Å²) < 4.78 is 0.803. The summed E-state index contributed by atoms with van der Waals surface area (Å²) in [5.74, 6) is 0.0417. The summed E-state index contributed by atoms with van der Waals surface area (Å²) in [5.41, 5.74) is 0.795. The molecule has 1 rings (SSSR count). The second-order valence-corrected chi connectivity index (χ2v) is 4.76. The van der Waals surface area contributed by atoms with Crippen molar-refractivity contribution in [3.8, 4) is 0 Å². The highest BCUT2D eigenvalue weighted by Crippen LogP contribution is 2.34. The molecule has 0 aliphatic rings. The zero-order valence-corrected chi connectivity index (χ0v) is 10.8. The first-order valence-electron chi connectivity index (χ1n) is 3.62. The van der Waals surface area contributed by atoms with E-state index < -0.39 is 0 Å². The zero-order chi connectivity index (χ0) is 10.0. The lowest BCUT2D eigenvalue weighted by Crippen LogP contribution is -2.01. The fourth-order valence-electron chi connectivity index (χ4n) is 0.935. The molecule has 0 saturated heterocycles. The first-order chi connectivity index (χ1) is 6.04. The normalized spacial score (nSPS) is 12.6. The van der Waals surface area contributed by atoms with Gasteiger partial charge in [0.2, 0.25) is 0 Å². The average molecular weight is 326 g/mol. The van der Waals surface area contributed by atoms with Crippen LogP contribution in [0.5, 0.6) is 0 Å². The van der Waals surface area contributed by atoms with Gasteiger partial charge in [-0.05, 0) is 34.5 Å². The Morgan fingerprint density at radius 1 is 1.54 bits per heavy atom. The van der Waals surface area contributed by atoms with Crippen LogP contribution < -0.4 is 0 Å². The molecule has 0 fully saturated rings. The number of halogens is 3. The first-order valence-corrected chi connectivity index (χ1v) is 5.71. The molecule has 1 atom stereocenters. The average Bonchev–Trinajstić information content (AvgIpc) is 2.08. The Kier molecular flexibility index (Phi) is 3.95. The third-order valence-corrected chi connectivity index (χ3v) is 4.06. The molecule has 0 spiro atoms. The van der Waals surface area contributed by atoms with Gasteiger partial charge in [0.15, 0.2) is 0 Å². The quantitative estimate of drug-likeness (QED) is 0.747. The summed E-state index contributed by atoms with van der Waals surface area (Å²) in [4.78, 5) is 10.8. The Morgan fingerprint density at radius 2 is 2.15 bits per heavy atom. The monoisotopic (exact) mass is 324 g/mol. The summed E-state index contributed by atoms with van der Waals surface area (Å²) in [6, 6.07) is 5.52. The summed E-state index contributed by atoms with van der Waals surface area (Å²) in [7, 11) is 0. The van der Waals surface area contributed by atoms with Gasteiger partial charge in [0, 0.05) is 4.47 Å². The number of Topliss-reactive ketones (excluding diaryl/α,β-unsaturated/α-hetero) is 1. The van der Waals surface area contributed by atoms with Gasteiger partial charge in [0.1, 0.15) is 5.78 Å². The molecule has 0 radical (unpaired) electrons. The largest absolute Gasteiger partial charge is 0.298 e. The summed E-state index contributed by atoms with van der Waals surface area (Å²) in [6.07, 6.45) is 0. The minimum atomic E-state index is -0.322. The van der Waals surface area contributed by atoms with Crippen LogP contribution in [0.15, 0.2) is 22.7 Å². The number of alkyl halides is 1. The van der Waals surface area contributed by atoms with Crippen LogP contribution in [0.3, 0.4) is 0 Å². The molecule has 0 aliphatic carbocycles. The molecule has 0 aliphatic heterocycles. The fraction of sp³-hybridized carbons (Fsp3) is 0.222. The van der Waals surface area contributed by atoms with E-state index in [1.54, 1.807) is 0 Å². The maximum absolute atomic E-state index is 11.1. The lowest BCUT2D eigenvalue weighted by atomic mass is 10.1. The third kappa shape index (κ3) is 2.55. The Morgan fingerprint density at radius 3 is 2.69 bits per heavy atom. The van der Waals surface area contributed by atoms with E-state index in [-0.39, 0.29) is 10.6 Å². The predicted molar refractivity (Wildman–Crippen MR) is 61.5 cm³/mol. The smallest absolute Gasteiger partial charge is 0.147 e. The number of hydrogen-bond acceptors (Lipinski definition) is 1. The molecule has 0 saturated carbocycles. The van der Waals surface area contributed by atoms with E-state index in [1.807, 2.05) is 18.2 Å². The molecular formula is C9H7Br2ClO. The minimum absolute atomic E-state index is 0.0417. The van der Waals surface area contributed by atoms with Crippen molar-refractivity contribution in [2.24, 2.45) is 0 Å². The lowest BCUT2D eigenvalue weighted by molar-refractivity contribution is -0.116. The molecule has 0 amide bonds. The van der Waals surface area contributed by atoms with Crippen molar-refractivity contribution in [3.63, 3.8) is 0 Å². The SMILES string of the molecule is CC(=O)C(Br)c1cccc(Br)c1Cl. The van der Waals surface area contributed by atoms with Crippen LogP contribution in [0.25, 0.3) is 0 Å². The summed E-state index contributed by atoms with van der Waals surface area (Å²) in [6.45, 7) is 1.52. The Labute approximate surface area is 98.7 Å². The van der Waals surface area contributed by atoms with Gasteiger partial charge in [-0.1, -0.05) is 39.7 Å². The molecule has 0 heterocycles. The van der Waals surface area contributed by atoms with Crippen LogP contribution in [0.4, 0.5) is 0 Å². The molecule has 0 aromatic heterocycles. The van der Waals surface area contributed by atoms with Gasteiger partial charge in [-0.3, -0.25) is 4.79 Å². The standard InChI is InChI=1S/C9H7Br2ClO/c1-5(13)8(11)6-3-2-4-7(10)9(6)12/h2-4,8H,1H3. The molecule has 1 aromatic carbocycles. The fourth-order valence-corrected chi connectivity index (χ4v) is 2.07.